The third kappa shape index (κ3) is 2.68. The molecule has 0 bridgehead atoms. The number of hydrogen-bond acceptors (Lipinski definition) is 6. The van der Waals surface area contributed by atoms with E-state index in [9.17, 15) is 14.9 Å². The molecule has 2 rings (SSSR count). The minimum Gasteiger partial charge on any atom is -0.464 e. The molecule has 0 saturated heterocycles. The first kappa shape index (κ1) is 12.6. The Kier molecular flexibility index (Phi) is 3.42. The molecule has 1 heterocycles. The van der Waals surface area contributed by atoms with Gasteiger partial charge in [0.05, 0.1) is 16.6 Å². The van der Waals surface area contributed by atoms with Gasteiger partial charge < -0.3 is 9.73 Å². The molecule has 0 atom stereocenters. The number of amides is 1. The van der Waals surface area contributed by atoms with Crippen molar-refractivity contribution in [2.24, 2.45) is 5.16 Å². The fourth-order valence-corrected chi connectivity index (χ4v) is 1.41. The van der Waals surface area contributed by atoms with Crippen LogP contribution in [-0.4, -0.2) is 18.1 Å². The van der Waals surface area contributed by atoms with Crippen LogP contribution in [0.3, 0.4) is 0 Å². The van der Waals surface area contributed by atoms with Crippen LogP contribution in [0.2, 0.25) is 0 Å². The second-order valence-corrected chi connectivity index (χ2v) is 3.46. The highest BCUT2D eigenvalue weighted by Gasteiger charge is 2.08. The molecule has 0 saturated carbocycles. The second-order valence-electron chi connectivity index (χ2n) is 3.46. The Morgan fingerprint density at radius 3 is 2.95 bits per heavy atom. The van der Waals surface area contributed by atoms with Crippen molar-refractivity contribution in [3.8, 4) is 0 Å². The number of carbonyl (C=O) groups excluding carboxylic acids is 1. The van der Waals surface area contributed by atoms with Crippen LogP contribution in [0, 0.1) is 10.1 Å². The summed E-state index contributed by atoms with van der Waals surface area (Å²) in [5.74, 6) is 0. The summed E-state index contributed by atoms with van der Waals surface area (Å²) in [6, 6.07) is 5.50. The van der Waals surface area contributed by atoms with Gasteiger partial charge in [0.25, 0.3) is 5.69 Å². The van der Waals surface area contributed by atoms with Gasteiger partial charge in [-0.15, -0.1) is 0 Å². The number of rotatable bonds is 2. The summed E-state index contributed by atoms with van der Waals surface area (Å²) in [5, 5.41) is 17.2. The average Bonchev–Trinajstić information content (AvgIpc) is 2.43. The molecule has 0 aliphatic heterocycles. The zero-order chi connectivity index (χ0) is 13.8. The maximum atomic E-state index is 10.9. The molecule has 2 aromatic rings. The number of nitro groups is 1. The number of nitro benzene ring substituents is 1. The highest BCUT2D eigenvalue weighted by Crippen LogP contribution is 2.17. The van der Waals surface area contributed by atoms with E-state index in [0.717, 1.165) is 0 Å². The van der Waals surface area contributed by atoms with Gasteiger partial charge in [0.15, 0.2) is 0 Å². The Labute approximate surface area is 106 Å². The Bertz CT molecular complexity index is 707. The van der Waals surface area contributed by atoms with Crippen LogP contribution in [0.4, 0.5) is 10.5 Å². The van der Waals surface area contributed by atoms with Gasteiger partial charge in [-0.25, -0.2) is 4.79 Å². The molecule has 0 fully saturated rings. The second kappa shape index (κ2) is 5.17. The molecule has 8 nitrogen and oxygen atoms in total. The molecule has 8 heteroatoms. The van der Waals surface area contributed by atoms with Crippen molar-refractivity contribution in [3.05, 3.63) is 46.0 Å². The molecule has 1 N–H and O–H groups in total. The van der Waals surface area contributed by atoms with Crippen molar-refractivity contribution in [3.63, 3.8) is 0 Å². The van der Waals surface area contributed by atoms with Crippen molar-refractivity contribution >= 4 is 22.7 Å². The first-order chi connectivity index (χ1) is 9.11. The molecule has 0 spiro atoms. The summed E-state index contributed by atoms with van der Waals surface area (Å²) in [4.78, 5) is 25.7. The molecule has 0 unspecified atom stereocenters. The first-order valence-electron chi connectivity index (χ1n) is 5.20. The molecule has 0 radical (unpaired) electrons. The van der Waals surface area contributed by atoms with Crippen molar-refractivity contribution in [1.82, 2.24) is 5.32 Å². The summed E-state index contributed by atoms with van der Waals surface area (Å²) < 4.78 is 5.18. The van der Waals surface area contributed by atoms with E-state index in [1.54, 1.807) is 0 Å². The van der Waals surface area contributed by atoms with Crippen molar-refractivity contribution in [2.45, 2.75) is 0 Å². The maximum Gasteiger partial charge on any atom is 0.433 e. The first-order valence-corrected chi connectivity index (χ1v) is 5.20. The molecular formula is C11H9N3O5. The van der Waals surface area contributed by atoms with Crippen molar-refractivity contribution in [2.75, 3.05) is 7.05 Å². The van der Waals surface area contributed by atoms with E-state index in [2.05, 4.69) is 15.3 Å². The molecule has 1 aromatic heterocycles. The Morgan fingerprint density at radius 1 is 1.47 bits per heavy atom. The van der Waals surface area contributed by atoms with Crippen LogP contribution in [0.5, 0.6) is 0 Å². The Hall–Kier alpha value is -2.90. The van der Waals surface area contributed by atoms with E-state index >= 15 is 0 Å². The molecule has 1 aromatic carbocycles. The van der Waals surface area contributed by atoms with E-state index in [1.165, 1.54) is 37.6 Å². The van der Waals surface area contributed by atoms with Gasteiger partial charge in [0.2, 0.25) is 0 Å². The number of nitrogens with zero attached hydrogens (tertiary/aromatic N) is 2. The van der Waals surface area contributed by atoms with E-state index < -0.39 is 11.0 Å². The summed E-state index contributed by atoms with van der Waals surface area (Å²) in [7, 11) is 1.39. The number of hydrogen-bond donors (Lipinski definition) is 1. The summed E-state index contributed by atoms with van der Waals surface area (Å²) in [5.41, 5.74) is 0.289. The minimum atomic E-state index is -0.737. The number of non-ortho nitro benzene ring substituents is 1. The zero-order valence-electron chi connectivity index (χ0n) is 9.82. The largest absolute Gasteiger partial charge is 0.464 e. The van der Waals surface area contributed by atoms with Crippen LogP contribution >= 0.6 is 0 Å². The van der Waals surface area contributed by atoms with Crippen LogP contribution in [0.1, 0.15) is 0 Å². The maximum absolute atomic E-state index is 10.9. The highest BCUT2D eigenvalue weighted by molar-refractivity contribution is 5.78. The molecule has 0 aliphatic rings. The van der Waals surface area contributed by atoms with Crippen LogP contribution in [0.15, 0.2) is 40.1 Å². The molecule has 0 aliphatic carbocycles. The smallest absolute Gasteiger partial charge is 0.433 e. The van der Waals surface area contributed by atoms with Crippen molar-refractivity contribution in [1.29, 1.82) is 0 Å². The normalized spacial score (nSPS) is 11.3. The van der Waals surface area contributed by atoms with E-state index in [1.807, 2.05) is 0 Å². The lowest BCUT2D eigenvalue weighted by Crippen LogP contribution is -2.18. The van der Waals surface area contributed by atoms with Gasteiger partial charge in [-0.05, 0) is 6.07 Å². The van der Waals surface area contributed by atoms with E-state index in [0.29, 0.717) is 11.0 Å². The lowest BCUT2D eigenvalue weighted by molar-refractivity contribution is -0.384. The highest BCUT2D eigenvalue weighted by atomic mass is 16.7. The zero-order valence-corrected chi connectivity index (χ0v) is 9.82. The third-order valence-corrected chi connectivity index (χ3v) is 2.30. The van der Waals surface area contributed by atoms with Crippen LogP contribution in [0.25, 0.3) is 11.0 Å². The lowest BCUT2D eigenvalue weighted by atomic mass is 10.2. The lowest BCUT2D eigenvalue weighted by Gasteiger charge is -1.98. The topological polar surface area (TPSA) is 107 Å². The summed E-state index contributed by atoms with van der Waals surface area (Å²) in [6.45, 7) is 0. The number of carbonyl (C=O) groups is 1. The number of benzene rings is 1. The van der Waals surface area contributed by atoms with Gasteiger partial charge in [-0.2, -0.15) is 0 Å². The standard InChI is InChI=1S/C11H9N3O5/c1-12-11(15)19-13-9-4-5-18-10-3-2-7(14(16)17)6-8(9)10/h2-6H,1H3,(H,12,15)/b13-9+. The van der Waals surface area contributed by atoms with Gasteiger partial charge in [-0.3, -0.25) is 15.0 Å². The third-order valence-electron chi connectivity index (χ3n) is 2.30. The van der Waals surface area contributed by atoms with E-state index in [4.69, 9.17) is 4.42 Å². The number of fused-ring (bicyclic) bond motifs is 1. The van der Waals surface area contributed by atoms with Crippen LogP contribution < -0.4 is 10.7 Å². The molecular weight excluding hydrogens is 254 g/mol. The summed E-state index contributed by atoms with van der Waals surface area (Å²) in [6.07, 6.45) is 0.611. The Morgan fingerprint density at radius 2 is 2.26 bits per heavy atom. The predicted molar refractivity (Wildman–Crippen MR) is 64.0 cm³/mol. The monoisotopic (exact) mass is 263 g/mol. The predicted octanol–water partition coefficient (Wildman–Crippen LogP) is 1.51. The van der Waals surface area contributed by atoms with Crippen molar-refractivity contribution < 1.29 is 19.0 Å². The minimum absolute atomic E-state index is 0.106. The average molecular weight is 263 g/mol. The fraction of sp³-hybridized carbons (Fsp3) is 0.0909. The fourth-order valence-electron chi connectivity index (χ4n) is 1.41. The Balaban J connectivity index is 2.57. The van der Waals surface area contributed by atoms with Crippen LogP contribution in [-0.2, 0) is 4.84 Å². The number of nitrogens with one attached hydrogen (secondary N) is 1. The molecule has 1 amide bonds. The quantitative estimate of drug-likeness (QED) is 0.502. The van der Waals surface area contributed by atoms with Gasteiger partial charge in [-0.1, -0.05) is 5.16 Å². The molecule has 98 valence electrons. The van der Waals surface area contributed by atoms with Gasteiger partial charge in [0, 0.05) is 25.2 Å². The SMILES string of the molecule is CNC(=O)O/N=c1\ccoc2ccc([N+](=O)[O-])cc12. The van der Waals surface area contributed by atoms with Gasteiger partial charge in [0.1, 0.15) is 10.9 Å². The van der Waals surface area contributed by atoms with E-state index in [-0.39, 0.29) is 11.0 Å². The van der Waals surface area contributed by atoms with Gasteiger partial charge >= 0.3 is 6.09 Å². The summed E-state index contributed by atoms with van der Waals surface area (Å²) >= 11 is 0. The molecule has 19 heavy (non-hydrogen) atoms.